The normalized spacial score (nSPS) is 10.5. The third-order valence-corrected chi connectivity index (χ3v) is 1.71. The van der Waals surface area contributed by atoms with E-state index in [1.807, 2.05) is 13.0 Å². The van der Waals surface area contributed by atoms with Crippen LogP contribution in [0.25, 0.3) is 0 Å². The molecule has 0 amide bonds. The highest BCUT2D eigenvalue weighted by molar-refractivity contribution is 5.29. The Morgan fingerprint density at radius 3 is 2.83 bits per heavy atom. The van der Waals surface area contributed by atoms with Crippen LogP contribution in [0.3, 0.4) is 0 Å². The van der Waals surface area contributed by atoms with Gasteiger partial charge in [0.25, 0.3) is 0 Å². The lowest BCUT2D eigenvalue weighted by atomic mass is 10.3. The van der Waals surface area contributed by atoms with Crippen LogP contribution in [0.15, 0.2) is 6.07 Å². The van der Waals surface area contributed by atoms with Gasteiger partial charge in [-0.25, -0.2) is 4.68 Å². The average Bonchev–Trinajstić information content (AvgIpc) is 2.31. The van der Waals surface area contributed by atoms with E-state index in [0.29, 0.717) is 5.82 Å². The van der Waals surface area contributed by atoms with Crippen molar-refractivity contribution < 1.29 is 5.11 Å². The van der Waals surface area contributed by atoms with E-state index in [-0.39, 0.29) is 6.61 Å². The number of nitrogens with zero attached hydrogens (tertiary/aromatic N) is 2. The Morgan fingerprint density at radius 1 is 1.58 bits per heavy atom. The molecule has 0 spiro atoms. The molecule has 0 radical (unpaired) electrons. The summed E-state index contributed by atoms with van der Waals surface area (Å²) in [5, 5.41) is 12.7. The molecule has 0 aliphatic heterocycles. The van der Waals surface area contributed by atoms with Gasteiger partial charge in [-0.3, -0.25) is 0 Å². The molecule has 3 N–H and O–H groups in total. The van der Waals surface area contributed by atoms with E-state index in [1.165, 1.54) is 0 Å². The van der Waals surface area contributed by atoms with Gasteiger partial charge in [-0.05, 0) is 19.8 Å². The van der Waals surface area contributed by atoms with Crippen LogP contribution in [-0.2, 0) is 6.54 Å². The third-order valence-electron chi connectivity index (χ3n) is 1.71. The highest BCUT2D eigenvalue weighted by atomic mass is 16.2. The lowest BCUT2D eigenvalue weighted by molar-refractivity contribution is 0.280. The van der Waals surface area contributed by atoms with Crippen molar-refractivity contribution in [2.45, 2.75) is 26.3 Å². The van der Waals surface area contributed by atoms with Gasteiger partial charge < -0.3 is 10.8 Å². The Bertz CT molecular complexity index is 244. The lowest BCUT2D eigenvalue weighted by Crippen LogP contribution is -2.05. The molecule has 4 nitrogen and oxygen atoms in total. The lowest BCUT2D eigenvalue weighted by Gasteiger charge is -2.01. The Labute approximate surface area is 72.0 Å². The summed E-state index contributed by atoms with van der Waals surface area (Å²) in [5.41, 5.74) is 6.60. The average molecular weight is 169 g/mol. The van der Waals surface area contributed by atoms with Gasteiger partial charge in [0, 0.05) is 19.2 Å². The minimum absolute atomic E-state index is 0.236. The van der Waals surface area contributed by atoms with Gasteiger partial charge in [0.1, 0.15) is 5.82 Å². The first-order chi connectivity index (χ1) is 5.74. The second-order valence-electron chi connectivity index (χ2n) is 2.86. The summed E-state index contributed by atoms with van der Waals surface area (Å²) >= 11 is 0. The molecule has 1 rings (SSSR count). The zero-order chi connectivity index (χ0) is 8.97. The van der Waals surface area contributed by atoms with E-state index >= 15 is 0 Å². The quantitative estimate of drug-likeness (QED) is 0.647. The van der Waals surface area contributed by atoms with Crippen molar-refractivity contribution in [2.75, 3.05) is 12.3 Å². The van der Waals surface area contributed by atoms with Crippen LogP contribution in [0.2, 0.25) is 0 Å². The maximum atomic E-state index is 8.56. The van der Waals surface area contributed by atoms with Gasteiger partial charge in [0.15, 0.2) is 0 Å². The van der Waals surface area contributed by atoms with E-state index in [1.54, 1.807) is 4.68 Å². The van der Waals surface area contributed by atoms with Gasteiger partial charge >= 0.3 is 0 Å². The number of unbranched alkanes of at least 4 members (excludes halogenated alkanes) is 1. The first kappa shape index (κ1) is 9.06. The molecule has 1 aromatic heterocycles. The molecule has 0 saturated carbocycles. The highest BCUT2D eigenvalue weighted by Gasteiger charge is 1.99. The molecule has 0 fully saturated rings. The predicted molar refractivity (Wildman–Crippen MR) is 47.7 cm³/mol. The SMILES string of the molecule is Cc1cc(N)n(CCCCO)n1. The number of aliphatic hydroxyl groups is 1. The fourth-order valence-corrected chi connectivity index (χ4v) is 1.12. The molecule has 0 aliphatic rings. The second kappa shape index (κ2) is 4.11. The molecule has 0 aromatic carbocycles. The summed E-state index contributed by atoms with van der Waals surface area (Å²) in [6.07, 6.45) is 1.72. The first-order valence-electron chi connectivity index (χ1n) is 4.15. The second-order valence-corrected chi connectivity index (χ2v) is 2.86. The fourth-order valence-electron chi connectivity index (χ4n) is 1.12. The van der Waals surface area contributed by atoms with E-state index in [4.69, 9.17) is 10.8 Å². The van der Waals surface area contributed by atoms with Crippen molar-refractivity contribution in [1.82, 2.24) is 9.78 Å². The molecule has 12 heavy (non-hydrogen) atoms. The fraction of sp³-hybridized carbons (Fsp3) is 0.625. The van der Waals surface area contributed by atoms with Gasteiger partial charge in [0.2, 0.25) is 0 Å². The van der Waals surface area contributed by atoms with Crippen LogP contribution in [0.1, 0.15) is 18.5 Å². The largest absolute Gasteiger partial charge is 0.396 e. The number of aliphatic hydroxyl groups excluding tert-OH is 1. The molecule has 1 aromatic rings. The summed E-state index contributed by atoms with van der Waals surface area (Å²) in [5.74, 6) is 0.699. The summed E-state index contributed by atoms with van der Waals surface area (Å²) in [4.78, 5) is 0. The van der Waals surface area contributed by atoms with Crippen LogP contribution in [0, 0.1) is 6.92 Å². The molecule has 4 heteroatoms. The van der Waals surface area contributed by atoms with Gasteiger partial charge in [-0.1, -0.05) is 0 Å². The van der Waals surface area contributed by atoms with Crippen LogP contribution >= 0.6 is 0 Å². The summed E-state index contributed by atoms with van der Waals surface area (Å²) < 4.78 is 1.77. The van der Waals surface area contributed by atoms with Crippen molar-refractivity contribution in [3.05, 3.63) is 11.8 Å². The number of nitrogen functional groups attached to an aromatic ring is 1. The number of nitrogens with two attached hydrogens (primary N) is 1. The maximum Gasteiger partial charge on any atom is 0.121 e. The molecule has 1 heterocycles. The van der Waals surface area contributed by atoms with E-state index < -0.39 is 0 Å². The van der Waals surface area contributed by atoms with E-state index in [2.05, 4.69) is 5.10 Å². The topological polar surface area (TPSA) is 64.1 Å². The van der Waals surface area contributed by atoms with E-state index in [9.17, 15) is 0 Å². The van der Waals surface area contributed by atoms with Crippen LogP contribution in [-0.4, -0.2) is 21.5 Å². The number of hydrogen-bond acceptors (Lipinski definition) is 3. The molecule has 0 atom stereocenters. The number of anilines is 1. The standard InChI is InChI=1S/C8H15N3O/c1-7-6-8(9)11(10-7)4-2-3-5-12/h6,12H,2-5,9H2,1H3. The molecular formula is C8H15N3O. The minimum atomic E-state index is 0.236. The number of aryl methyl sites for hydroxylation is 2. The Morgan fingerprint density at radius 2 is 2.33 bits per heavy atom. The molecule has 0 aliphatic carbocycles. The molecule has 0 unspecified atom stereocenters. The van der Waals surface area contributed by atoms with E-state index in [0.717, 1.165) is 25.1 Å². The predicted octanol–water partition coefficient (Wildman–Crippen LogP) is 0.546. The summed E-state index contributed by atoms with van der Waals surface area (Å²) in [7, 11) is 0. The molecule has 0 saturated heterocycles. The third kappa shape index (κ3) is 2.23. The summed E-state index contributed by atoms with van der Waals surface area (Å²) in [6, 6.07) is 1.85. The number of hydrogen-bond donors (Lipinski definition) is 2. The van der Waals surface area contributed by atoms with Crippen LogP contribution in [0.5, 0.6) is 0 Å². The monoisotopic (exact) mass is 169 g/mol. The van der Waals surface area contributed by atoms with Crippen LogP contribution < -0.4 is 5.73 Å². The zero-order valence-corrected chi connectivity index (χ0v) is 7.32. The molecule has 68 valence electrons. The molecule has 0 bridgehead atoms. The Hall–Kier alpha value is -1.03. The van der Waals surface area contributed by atoms with Crippen LogP contribution in [0.4, 0.5) is 5.82 Å². The summed E-state index contributed by atoms with van der Waals surface area (Å²) in [6.45, 7) is 2.94. The van der Waals surface area contributed by atoms with Crippen molar-refractivity contribution in [3.63, 3.8) is 0 Å². The zero-order valence-electron chi connectivity index (χ0n) is 7.32. The molecular weight excluding hydrogens is 154 g/mol. The van der Waals surface area contributed by atoms with Gasteiger partial charge in [0.05, 0.1) is 5.69 Å². The first-order valence-corrected chi connectivity index (χ1v) is 4.15. The van der Waals surface area contributed by atoms with Crippen molar-refractivity contribution >= 4 is 5.82 Å². The highest BCUT2D eigenvalue weighted by Crippen LogP contribution is 2.06. The maximum absolute atomic E-state index is 8.56. The number of aromatic nitrogens is 2. The van der Waals surface area contributed by atoms with Crippen molar-refractivity contribution in [2.24, 2.45) is 0 Å². The van der Waals surface area contributed by atoms with Crippen molar-refractivity contribution in [1.29, 1.82) is 0 Å². The Kier molecular flexibility index (Phi) is 3.10. The minimum Gasteiger partial charge on any atom is -0.396 e. The number of rotatable bonds is 4. The van der Waals surface area contributed by atoms with Gasteiger partial charge in [-0.15, -0.1) is 0 Å². The Balaban J connectivity index is 2.45. The smallest absolute Gasteiger partial charge is 0.121 e. The van der Waals surface area contributed by atoms with Crippen molar-refractivity contribution in [3.8, 4) is 0 Å². The van der Waals surface area contributed by atoms with Gasteiger partial charge in [-0.2, -0.15) is 5.10 Å².